The Hall–Kier alpha value is -1.63. The Morgan fingerprint density at radius 1 is 1.17 bits per heavy atom. The van der Waals surface area contributed by atoms with E-state index in [1.165, 1.54) is 6.42 Å². The smallest absolute Gasteiger partial charge is 0.320 e. The quantitative estimate of drug-likeness (QED) is 0.832. The van der Waals surface area contributed by atoms with Gasteiger partial charge in [0.25, 0.3) is 0 Å². The standard InChI is InChI=1S/C16H27N5O2/c1-12-5-4-6-13(2)21(12)16(22)20-9-7-19(8-10-20)11-15-17-14(3)18-23-15/h12-13H,4-11H2,1-3H3/t12-,13-/m0/s1. The van der Waals surface area contributed by atoms with Crippen LogP contribution in [0.15, 0.2) is 4.52 Å². The van der Waals surface area contributed by atoms with Gasteiger partial charge in [-0.15, -0.1) is 0 Å². The van der Waals surface area contributed by atoms with Gasteiger partial charge in [0, 0.05) is 38.3 Å². The zero-order valence-corrected chi connectivity index (χ0v) is 14.4. The monoisotopic (exact) mass is 321 g/mol. The highest BCUT2D eigenvalue weighted by atomic mass is 16.5. The van der Waals surface area contributed by atoms with Crippen molar-refractivity contribution in [2.75, 3.05) is 26.2 Å². The molecule has 0 aliphatic carbocycles. The maximum atomic E-state index is 12.8. The SMILES string of the molecule is Cc1noc(CN2CCN(C(=O)N3[C@@H](C)CCC[C@@H]3C)CC2)n1. The molecule has 0 aromatic carbocycles. The van der Waals surface area contributed by atoms with E-state index in [-0.39, 0.29) is 6.03 Å². The van der Waals surface area contributed by atoms with Crippen molar-refractivity contribution in [3.63, 3.8) is 0 Å². The van der Waals surface area contributed by atoms with Gasteiger partial charge in [-0.2, -0.15) is 4.98 Å². The van der Waals surface area contributed by atoms with Crippen LogP contribution in [0.3, 0.4) is 0 Å². The van der Waals surface area contributed by atoms with Crippen LogP contribution in [0.25, 0.3) is 0 Å². The van der Waals surface area contributed by atoms with E-state index in [0.717, 1.165) is 39.0 Å². The number of hydrogen-bond donors (Lipinski definition) is 0. The molecule has 2 aliphatic heterocycles. The molecule has 2 fully saturated rings. The summed E-state index contributed by atoms with van der Waals surface area (Å²) in [5.41, 5.74) is 0. The highest BCUT2D eigenvalue weighted by molar-refractivity contribution is 5.75. The number of carbonyl (C=O) groups is 1. The van der Waals surface area contributed by atoms with E-state index in [0.29, 0.717) is 30.3 Å². The summed E-state index contributed by atoms with van der Waals surface area (Å²) in [4.78, 5) is 23.4. The first-order valence-electron chi connectivity index (χ1n) is 8.63. The Balaban J connectivity index is 1.52. The summed E-state index contributed by atoms with van der Waals surface area (Å²) in [6, 6.07) is 0.911. The van der Waals surface area contributed by atoms with Crippen molar-refractivity contribution in [3.05, 3.63) is 11.7 Å². The molecule has 0 unspecified atom stereocenters. The minimum atomic E-state index is 0.206. The van der Waals surface area contributed by atoms with Crippen molar-refractivity contribution in [3.8, 4) is 0 Å². The molecule has 1 aromatic heterocycles. The Morgan fingerprint density at radius 3 is 2.39 bits per heavy atom. The summed E-state index contributed by atoms with van der Waals surface area (Å²) in [5, 5.41) is 3.82. The molecule has 128 valence electrons. The van der Waals surface area contributed by atoms with Crippen LogP contribution in [0.4, 0.5) is 4.79 Å². The van der Waals surface area contributed by atoms with Crippen LogP contribution in [0.5, 0.6) is 0 Å². The lowest BCUT2D eigenvalue weighted by molar-refractivity contribution is 0.0694. The summed E-state index contributed by atoms with van der Waals surface area (Å²) >= 11 is 0. The molecular formula is C16H27N5O2. The van der Waals surface area contributed by atoms with Crippen LogP contribution in [0.1, 0.15) is 44.8 Å². The minimum absolute atomic E-state index is 0.206. The Morgan fingerprint density at radius 2 is 1.83 bits per heavy atom. The van der Waals surface area contributed by atoms with Crippen molar-refractivity contribution in [1.29, 1.82) is 0 Å². The van der Waals surface area contributed by atoms with Gasteiger partial charge in [-0.3, -0.25) is 4.90 Å². The van der Waals surface area contributed by atoms with Crippen molar-refractivity contribution < 1.29 is 9.32 Å². The molecular weight excluding hydrogens is 294 g/mol. The van der Waals surface area contributed by atoms with Gasteiger partial charge in [0.15, 0.2) is 5.82 Å². The molecule has 0 bridgehead atoms. The molecule has 7 heteroatoms. The number of piperazine rings is 1. The van der Waals surface area contributed by atoms with E-state index in [9.17, 15) is 4.79 Å². The van der Waals surface area contributed by atoms with Gasteiger partial charge in [-0.05, 0) is 40.0 Å². The van der Waals surface area contributed by atoms with Crippen LogP contribution >= 0.6 is 0 Å². The molecule has 1 aromatic rings. The van der Waals surface area contributed by atoms with E-state index in [1.54, 1.807) is 0 Å². The number of urea groups is 1. The summed E-state index contributed by atoms with van der Waals surface area (Å²) in [6.07, 6.45) is 3.46. The van der Waals surface area contributed by atoms with Crippen LogP contribution in [-0.4, -0.2) is 69.1 Å². The van der Waals surface area contributed by atoms with Gasteiger partial charge < -0.3 is 14.3 Å². The topological polar surface area (TPSA) is 65.7 Å². The van der Waals surface area contributed by atoms with Crippen LogP contribution in [0, 0.1) is 6.92 Å². The van der Waals surface area contributed by atoms with Gasteiger partial charge >= 0.3 is 6.03 Å². The van der Waals surface area contributed by atoms with Gasteiger partial charge in [0.1, 0.15) is 0 Å². The maximum Gasteiger partial charge on any atom is 0.320 e. The van der Waals surface area contributed by atoms with Crippen molar-refractivity contribution in [2.45, 2.75) is 58.7 Å². The second-order valence-electron chi connectivity index (χ2n) is 6.82. The second kappa shape index (κ2) is 6.86. The molecule has 0 radical (unpaired) electrons. The number of aryl methyl sites for hydroxylation is 1. The predicted molar refractivity (Wildman–Crippen MR) is 85.9 cm³/mol. The van der Waals surface area contributed by atoms with E-state index in [1.807, 2.05) is 11.8 Å². The average Bonchev–Trinajstić information content (AvgIpc) is 2.93. The minimum Gasteiger partial charge on any atom is -0.338 e. The fourth-order valence-corrected chi connectivity index (χ4v) is 3.65. The molecule has 2 amide bonds. The zero-order valence-electron chi connectivity index (χ0n) is 14.4. The second-order valence-corrected chi connectivity index (χ2v) is 6.82. The lowest BCUT2D eigenvalue weighted by Crippen LogP contribution is -2.57. The predicted octanol–water partition coefficient (Wildman–Crippen LogP) is 1.88. The summed E-state index contributed by atoms with van der Waals surface area (Å²) in [5.74, 6) is 1.32. The van der Waals surface area contributed by atoms with Crippen LogP contribution < -0.4 is 0 Å². The van der Waals surface area contributed by atoms with Gasteiger partial charge in [-0.25, -0.2) is 4.79 Å². The number of carbonyl (C=O) groups excluding carboxylic acids is 1. The first kappa shape index (κ1) is 16.2. The number of likely N-dealkylation sites (tertiary alicyclic amines) is 1. The van der Waals surface area contributed by atoms with Crippen LogP contribution in [-0.2, 0) is 6.54 Å². The zero-order chi connectivity index (χ0) is 16.4. The van der Waals surface area contributed by atoms with E-state index in [4.69, 9.17) is 4.52 Å². The Kier molecular flexibility index (Phi) is 4.84. The molecule has 2 atom stereocenters. The highest BCUT2D eigenvalue weighted by Gasteiger charge is 2.33. The number of amides is 2. The molecule has 7 nitrogen and oxygen atoms in total. The molecule has 2 aliphatic rings. The molecule has 3 rings (SSSR count). The molecule has 0 N–H and O–H groups in total. The number of hydrogen-bond acceptors (Lipinski definition) is 5. The number of rotatable bonds is 2. The van der Waals surface area contributed by atoms with Crippen molar-refractivity contribution in [1.82, 2.24) is 24.8 Å². The Bertz CT molecular complexity index is 528. The normalized spacial score (nSPS) is 26.6. The lowest BCUT2D eigenvalue weighted by Gasteiger charge is -2.43. The fraction of sp³-hybridized carbons (Fsp3) is 0.812. The third-order valence-corrected chi connectivity index (χ3v) is 4.99. The maximum absolute atomic E-state index is 12.8. The summed E-state index contributed by atoms with van der Waals surface area (Å²) < 4.78 is 5.17. The van der Waals surface area contributed by atoms with Crippen molar-refractivity contribution in [2.24, 2.45) is 0 Å². The molecule has 23 heavy (non-hydrogen) atoms. The van der Waals surface area contributed by atoms with Crippen LogP contribution in [0.2, 0.25) is 0 Å². The van der Waals surface area contributed by atoms with Crippen molar-refractivity contribution >= 4 is 6.03 Å². The van der Waals surface area contributed by atoms with Gasteiger partial charge in [0.2, 0.25) is 5.89 Å². The van der Waals surface area contributed by atoms with Gasteiger partial charge in [0.05, 0.1) is 6.54 Å². The largest absolute Gasteiger partial charge is 0.338 e. The van der Waals surface area contributed by atoms with E-state index in [2.05, 4.69) is 33.8 Å². The molecule has 3 heterocycles. The lowest BCUT2D eigenvalue weighted by atomic mass is 9.98. The molecule has 0 spiro atoms. The average molecular weight is 321 g/mol. The molecule has 0 saturated carbocycles. The fourth-order valence-electron chi connectivity index (χ4n) is 3.65. The van der Waals surface area contributed by atoms with Gasteiger partial charge in [-0.1, -0.05) is 5.16 Å². The third kappa shape index (κ3) is 3.65. The Labute approximate surface area is 137 Å². The first-order chi connectivity index (χ1) is 11.0. The number of nitrogens with zero attached hydrogens (tertiary/aromatic N) is 5. The number of aromatic nitrogens is 2. The number of piperidine rings is 1. The van der Waals surface area contributed by atoms with E-state index < -0.39 is 0 Å². The highest BCUT2D eigenvalue weighted by Crippen LogP contribution is 2.24. The summed E-state index contributed by atoms with van der Waals surface area (Å²) in [7, 11) is 0. The van der Waals surface area contributed by atoms with E-state index >= 15 is 0 Å². The molecule has 2 saturated heterocycles. The summed E-state index contributed by atoms with van der Waals surface area (Å²) in [6.45, 7) is 10.1. The third-order valence-electron chi connectivity index (χ3n) is 4.99. The first-order valence-corrected chi connectivity index (χ1v) is 8.63.